The van der Waals surface area contributed by atoms with Gasteiger partial charge in [0.25, 0.3) is 0 Å². The summed E-state index contributed by atoms with van der Waals surface area (Å²) < 4.78 is 32.9. The Morgan fingerprint density at radius 1 is 1.29 bits per heavy atom. The van der Waals surface area contributed by atoms with Gasteiger partial charge in [0.2, 0.25) is 0 Å². The van der Waals surface area contributed by atoms with Crippen LogP contribution in [0.1, 0.15) is 31.9 Å². The van der Waals surface area contributed by atoms with E-state index in [1.807, 2.05) is 0 Å². The molecule has 1 heterocycles. The molecule has 0 aliphatic carbocycles. The third kappa shape index (κ3) is 4.46. The molecule has 0 amide bonds. The van der Waals surface area contributed by atoms with Crippen molar-refractivity contribution in [2.45, 2.75) is 32.4 Å². The molecule has 1 N–H and O–H groups in total. The zero-order valence-electron chi connectivity index (χ0n) is 12.7. The van der Waals surface area contributed by atoms with Crippen molar-refractivity contribution < 1.29 is 13.5 Å². The maximum atomic E-state index is 13.5. The van der Waals surface area contributed by atoms with Crippen molar-refractivity contribution in [1.82, 2.24) is 10.2 Å². The van der Waals surface area contributed by atoms with Crippen LogP contribution in [-0.4, -0.2) is 43.8 Å². The Bertz CT molecular complexity index is 436. The van der Waals surface area contributed by atoms with Gasteiger partial charge in [0.05, 0.1) is 18.8 Å². The summed E-state index contributed by atoms with van der Waals surface area (Å²) in [7, 11) is 0. The van der Waals surface area contributed by atoms with Gasteiger partial charge in [-0.25, -0.2) is 8.78 Å². The fraction of sp³-hybridized carbons (Fsp3) is 0.625. The first-order valence-corrected chi connectivity index (χ1v) is 7.67. The van der Waals surface area contributed by atoms with Gasteiger partial charge in [0.15, 0.2) is 0 Å². The molecule has 5 heteroatoms. The number of halogens is 2. The van der Waals surface area contributed by atoms with Crippen LogP contribution in [0, 0.1) is 11.6 Å². The number of ether oxygens (including phenoxy) is 1. The first-order valence-electron chi connectivity index (χ1n) is 7.67. The van der Waals surface area contributed by atoms with Crippen molar-refractivity contribution in [3.63, 3.8) is 0 Å². The van der Waals surface area contributed by atoms with Gasteiger partial charge in [-0.15, -0.1) is 0 Å². The van der Waals surface area contributed by atoms with Crippen LogP contribution >= 0.6 is 0 Å². The van der Waals surface area contributed by atoms with Crippen LogP contribution in [0.4, 0.5) is 8.78 Å². The number of morpholine rings is 1. The Labute approximate surface area is 125 Å². The molecule has 0 saturated carbocycles. The Morgan fingerprint density at radius 3 is 2.62 bits per heavy atom. The van der Waals surface area contributed by atoms with E-state index in [0.29, 0.717) is 12.2 Å². The van der Waals surface area contributed by atoms with Crippen LogP contribution in [0.15, 0.2) is 18.2 Å². The summed E-state index contributed by atoms with van der Waals surface area (Å²) in [6, 6.07) is 3.50. The van der Waals surface area contributed by atoms with Crippen LogP contribution in [-0.2, 0) is 4.74 Å². The zero-order valence-corrected chi connectivity index (χ0v) is 12.7. The molecular formula is C16H24F2N2O. The van der Waals surface area contributed by atoms with Crippen molar-refractivity contribution >= 4 is 0 Å². The maximum absolute atomic E-state index is 13.5. The number of nitrogens with one attached hydrogen (secondary N) is 1. The number of nitrogens with zero attached hydrogens (tertiary/aromatic N) is 1. The van der Waals surface area contributed by atoms with E-state index in [4.69, 9.17) is 4.74 Å². The topological polar surface area (TPSA) is 24.5 Å². The Balaban J connectivity index is 2.20. The Kier molecular flexibility index (Phi) is 6.08. The van der Waals surface area contributed by atoms with Crippen LogP contribution in [0.25, 0.3) is 0 Å². The largest absolute Gasteiger partial charge is 0.374 e. The molecule has 0 spiro atoms. The maximum Gasteiger partial charge on any atom is 0.126 e. The molecule has 1 aliphatic rings. The second-order valence-electron chi connectivity index (χ2n) is 5.44. The van der Waals surface area contributed by atoms with Gasteiger partial charge in [0.1, 0.15) is 11.6 Å². The third-order valence-electron chi connectivity index (χ3n) is 3.85. The van der Waals surface area contributed by atoms with Gasteiger partial charge in [-0.2, -0.15) is 0 Å². The highest BCUT2D eigenvalue weighted by Gasteiger charge is 2.29. The second kappa shape index (κ2) is 7.82. The first-order chi connectivity index (χ1) is 10.1. The summed E-state index contributed by atoms with van der Waals surface area (Å²) in [5.74, 6) is -1.09. The van der Waals surface area contributed by atoms with E-state index in [0.717, 1.165) is 38.7 Å². The van der Waals surface area contributed by atoms with E-state index >= 15 is 0 Å². The van der Waals surface area contributed by atoms with Crippen molar-refractivity contribution in [2.75, 3.05) is 32.8 Å². The van der Waals surface area contributed by atoms with E-state index in [9.17, 15) is 8.78 Å². The van der Waals surface area contributed by atoms with Crippen molar-refractivity contribution in [3.05, 3.63) is 35.4 Å². The second-order valence-corrected chi connectivity index (χ2v) is 5.44. The molecule has 0 bridgehead atoms. The normalized spacial score (nSPS) is 21.4. The molecule has 1 saturated heterocycles. The van der Waals surface area contributed by atoms with Crippen LogP contribution in [0.2, 0.25) is 0 Å². The van der Waals surface area contributed by atoms with Gasteiger partial charge < -0.3 is 10.1 Å². The molecule has 118 valence electrons. The number of likely N-dealkylation sites (N-methyl/N-ethyl adjacent to an activating group) is 1. The Hall–Kier alpha value is -1.04. The SMILES string of the molecule is CCCNC(c1cc(F)cc(F)c1)C1CN(CC)CCO1. The fourth-order valence-corrected chi connectivity index (χ4v) is 2.74. The minimum atomic E-state index is -0.545. The lowest BCUT2D eigenvalue weighted by molar-refractivity contribution is -0.0456. The summed E-state index contributed by atoms with van der Waals surface area (Å²) in [5, 5.41) is 3.37. The minimum absolute atomic E-state index is 0.0913. The van der Waals surface area contributed by atoms with E-state index in [-0.39, 0.29) is 12.1 Å². The average molecular weight is 298 g/mol. The summed E-state index contributed by atoms with van der Waals surface area (Å²) in [5.41, 5.74) is 0.615. The number of benzene rings is 1. The molecule has 0 radical (unpaired) electrons. The summed E-state index contributed by atoms with van der Waals surface area (Å²) in [6.07, 6.45) is 0.866. The summed E-state index contributed by atoms with van der Waals surface area (Å²) >= 11 is 0. The molecular weight excluding hydrogens is 274 g/mol. The highest BCUT2D eigenvalue weighted by Crippen LogP contribution is 2.24. The van der Waals surface area contributed by atoms with Crippen molar-refractivity contribution in [3.8, 4) is 0 Å². The van der Waals surface area contributed by atoms with E-state index < -0.39 is 11.6 Å². The highest BCUT2D eigenvalue weighted by molar-refractivity contribution is 5.23. The van der Waals surface area contributed by atoms with E-state index in [2.05, 4.69) is 24.1 Å². The lowest BCUT2D eigenvalue weighted by Gasteiger charge is -2.37. The molecule has 1 aliphatic heterocycles. The average Bonchev–Trinajstić information content (AvgIpc) is 2.47. The van der Waals surface area contributed by atoms with Crippen molar-refractivity contribution in [1.29, 1.82) is 0 Å². The molecule has 2 rings (SSSR count). The molecule has 2 unspecified atom stereocenters. The zero-order chi connectivity index (χ0) is 15.2. The van der Waals surface area contributed by atoms with Crippen LogP contribution in [0.3, 0.4) is 0 Å². The van der Waals surface area contributed by atoms with Gasteiger partial charge in [0, 0.05) is 19.2 Å². The molecule has 2 atom stereocenters. The third-order valence-corrected chi connectivity index (χ3v) is 3.85. The molecule has 1 aromatic carbocycles. The van der Waals surface area contributed by atoms with Crippen LogP contribution in [0.5, 0.6) is 0 Å². The Morgan fingerprint density at radius 2 is 2.00 bits per heavy atom. The lowest BCUT2D eigenvalue weighted by Crippen LogP contribution is -2.48. The van der Waals surface area contributed by atoms with Gasteiger partial charge in [-0.3, -0.25) is 4.90 Å². The first kappa shape index (κ1) is 16.3. The predicted octanol–water partition coefficient (Wildman–Crippen LogP) is 2.73. The summed E-state index contributed by atoms with van der Waals surface area (Å²) in [4.78, 5) is 2.30. The molecule has 3 nitrogen and oxygen atoms in total. The molecule has 21 heavy (non-hydrogen) atoms. The standard InChI is InChI=1S/C16H24F2N2O/c1-3-5-19-16(12-8-13(17)10-14(18)9-12)15-11-20(4-2)6-7-21-15/h8-10,15-16,19H,3-7,11H2,1-2H3. The number of rotatable bonds is 6. The molecule has 1 fully saturated rings. The highest BCUT2D eigenvalue weighted by atomic mass is 19.1. The van der Waals surface area contributed by atoms with Crippen LogP contribution < -0.4 is 5.32 Å². The molecule has 1 aromatic rings. The minimum Gasteiger partial charge on any atom is -0.374 e. The fourth-order valence-electron chi connectivity index (χ4n) is 2.74. The smallest absolute Gasteiger partial charge is 0.126 e. The summed E-state index contributed by atoms with van der Waals surface area (Å²) in [6.45, 7) is 8.25. The predicted molar refractivity (Wildman–Crippen MR) is 79.2 cm³/mol. The van der Waals surface area contributed by atoms with Gasteiger partial charge >= 0.3 is 0 Å². The quantitative estimate of drug-likeness (QED) is 0.874. The van der Waals surface area contributed by atoms with E-state index in [1.165, 1.54) is 12.1 Å². The van der Waals surface area contributed by atoms with Gasteiger partial charge in [-0.1, -0.05) is 13.8 Å². The molecule has 0 aromatic heterocycles. The van der Waals surface area contributed by atoms with Crippen molar-refractivity contribution in [2.24, 2.45) is 0 Å². The van der Waals surface area contributed by atoms with E-state index in [1.54, 1.807) is 0 Å². The van der Waals surface area contributed by atoms with Gasteiger partial charge in [-0.05, 0) is 37.2 Å². The number of hydrogen-bond donors (Lipinski definition) is 1. The number of hydrogen-bond acceptors (Lipinski definition) is 3. The monoisotopic (exact) mass is 298 g/mol. The lowest BCUT2D eigenvalue weighted by atomic mass is 9.99.